The van der Waals surface area contributed by atoms with Crippen LogP contribution in [0.3, 0.4) is 0 Å². The predicted octanol–water partition coefficient (Wildman–Crippen LogP) is 1.73. The topological polar surface area (TPSA) is 64.6 Å². The molecule has 0 aliphatic carbocycles. The molecule has 2 rings (SSSR count). The van der Waals surface area contributed by atoms with Crippen LogP contribution in [-0.2, 0) is 14.3 Å². The van der Waals surface area contributed by atoms with Crippen molar-refractivity contribution in [1.29, 1.82) is 0 Å². The van der Waals surface area contributed by atoms with Crippen molar-refractivity contribution in [3.8, 4) is 0 Å². The normalized spacial score (nSPS) is 23.8. The van der Waals surface area contributed by atoms with E-state index in [-0.39, 0.29) is 25.2 Å². The summed E-state index contributed by atoms with van der Waals surface area (Å²) in [7, 11) is 0. The van der Waals surface area contributed by atoms with Crippen molar-refractivity contribution in [3.63, 3.8) is 0 Å². The van der Waals surface area contributed by atoms with Crippen molar-refractivity contribution in [1.82, 2.24) is 5.32 Å². The van der Waals surface area contributed by atoms with Crippen LogP contribution in [-0.4, -0.2) is 30.8 Å². The first-order chi connectivity index (χ1) is 9.60. The number of ether oxygens (including phenoxy) is 2. The van der Waals surface area contributed by atoms with Crippen LogP contribution in [0.1, 0.15) is 30.6 Å². The van der Waals surface area contributed by atoms with Crippen LogP contribution in [0.5, 0.6) is 0 Å². The van der Waals surface area contributed by atoms with E-state index in [1.54, 1.807) is 24.3 Å². The number of carbonyl (C=O) groups is 2. The fraction of sp³-hybridized carbons (Fsp3) is 0.467. The third-order valence-electron chi connectivity index (χ3n) is 3.79. The molecule has 0 aromatic heterocycles. The van der Waals surface area contributed by atoms with E-state index in [9.17, 15) is 9.59 Å². The molecule has 1 aliphatic rings. The van der Waals surface area contributed by atoms with Gasteiger partial charge in [-0.05, 0) is 18.1 Å². The number of rotatable bonds is 4. The van der Waals surface area contributed by atoms with Crippen molar-refractivity contribution in [3.05, 3.63) is 35.9 Å². The molecule has 5 heteroatoms. The van der Waals surface area contributed by atoms with E-state index in [1.807, 2.05) is 19.9 Å². The predicted molar refractivity (Wildman–Crippen MR) is 73.0 cm³/mol. The zero-order chi connectivity index (χ0) is 14.6. The Morgan fingerprint density at radius 2 is 2.10 bits per heavy atom. The number of hydrogen-bond acceptors (Lipinski definition) is 4. The lowest BCUT2D eigenvalue weighted by atomic mass is 9.83. The number of benzene rings is 1. The van der Waals surface area contributed by atoms with E-state index in [4.69, 9.17) is 9.47 Å². The van der Waals surface area contributed by atoms with E-state index in [1.165, 1.54) is 0 Å². The second-order valence-corrected chi connectivity index (χ2v) is 5.00. The molecule has 1 saturated heterocycles. The third kappa shape index (κ3) is 2.67. The van der Waals surface area contributed by atoms with Gasteiger partial charge in [-0.15, -0.1) is 0 Å². The van der Waals surface area contributed by atoms with Gasteiger partial charge in [0.25, 0.3) is 5.91 Å². The average Bonchev–Trinajstić information content (AvgIpc) is 2.49. The minimum Gasteiger partial charge on any atom is -0.437 e. The second kappa shape index (κ2) is 6.05. The molecule has 108 valence electrons. The van der Waals surface area contributed by atoms with Gasteiger partial charge in [-0.2, -0.15) is 0 Å². The molecule has 1 amide bonds. The van der Waals surface area contributed by atoms with E-state index in [0.717, 1.165) is 6.42 Å². The summed E-state index contributed by atoms with van der Waals surface area (Å²) in [6, 6.07) is 8.80. The zero-order valence-electron chi connectivity index (χ0n) is 11.7. The van der Waals surface area contributed by atoms with Crippen LogP contribution >= 0.6 is 0 Å². The summed E-state index contributed by atoms with van der Waals surface area (Å²) in [5, 5.41) is 2.81. The first kappa shape index (κ1) is 14.5. The van der Waals surface area contributed by atoms with E-state index >= 15 is 0 Å². The van der Waals surface area contributed by atoms with Crippen molar-refractivity contribution in [2.45, 2.75) is 25.8 Å². The molecule has 1 heterocycles. The summed E-state index contributed by atoms with van der Waals surface area (Å²) in [6.45, 7) is 3.95. The molecular weight excluding hydrogens is 258 g/mol. The smallest absolute Gasteiger partial charge is 0.336 e. The molecule has 0 bridgehead atoms. The zero-order valence-corrected chi connectivity index (χ0v) is 11.7. The van der Waals surface area contributed by atoms with Gasteiger partial charge in [-0.1, -0.05) is 38.5 Å². The number of cyclic esters (lactones) is 1. The van der Waals surface area contributed by atoms with Gasteiger partial charge in [-0.3, -0.25) is 4.79 Å². The standard InChI is InChI=1S/C15H19NO4/c1-3-11(2)15(9-19-10-20-14(15)18)16-13(17)12-7-5-4-6-8-12/h4-8,11H,3,9-10H2,1-2H3,(H,16,17)/t11-,15?/m0/s1. The molecule has 1 aromatic carbocycles. The second-order valence-electron chi connectivity index (χ2n) is 5.00. The third-order valence-corrected chi connectivity index (χ3v) is 3.79. The Labute approximate surface area is 118 Å². The molecule has 5 nitrogen and oxygen atoms in total. The average molecular weight is 277 g/mol. The molecule has 0 spiro atoms. The molecule has 1 aromatic rings. The molecule has 20 heavy (non-hydrogen) atoms. The van der Waals surface area contributed by atoms with Gasteiger partial charge in [0.15, 0.2) is 12.3 Å². The number of esters is 1. The summed E-state index contributed by atoms with van der Waals surface area (Å²) >= 11 is 0. The Balaban J connectivity index is 2.24. The maximum Gasteiger partial charge on any atom is 0.336 e. The molecule has 0 radical (unpaired) electrons. The minimum atomic E-state index is -1.11. The van der Waals surface area contributed by atoms with Crippen molar-refractivity contribution in [2.24, 2.45) is 5.92 Å². The largest absolute Gasteiger partial charge is 0.437 e. The van der Waals surface area contributed by atoms with Crippen LogP contribution < -0.4 is 5.32 Å². The fourth-order valence-corrected chi connectivity index (χ4v) is 2.25. The minimum absolute atomic E-state index is 0.0573. The molecule has 1 N–H and O–H groups in total. The van der Waals surface area contributed by atoms with E-state index in [0.29, 0.717) is 5.56 Å². The quantitative estimate of drug-likeness (QED) is 0.851. The maximum atomic E-state index is 12.3. The Bertz CT molecular complexity index is 488. The number of nitrogens with one attached hydrogen (secondary N) is 1. The van der Waals surface area contributed by atoms with Gasteiger partial charge in [0.05, 0.1) is 6.61 Å². The van der Waals surface area contributed by atoms with E-state index in [2.05, 4.69) is 5.32 Å². The number of carbonyl (C=O) groups excluding carboxylic acids is 2. The molecule has 1 fully saturated rings. The summed E-state index contributed by atoms with van der Waals surface area (Å²) in [6.07, 6.45) is 0.730. The Morgan fingerprint density at radius 3 is 2.70 bits per heavy atom. The highest BCUT2D eigenvalue weighted by atomic mass is 16.7. The lowest BCUT2D eigenvalue weighted by Gasteiger charge is -2.39. The number of amides is 1. The van der Waals surface area contributed by atoms with Gasteiger partial charge in [0, 0.05) is 5.56 Å². The SMILES string of the molecule is CC[C@H](C)C1(NC(=O)c2ccccc2)COCOC1=O. The summed E-state index contributed by atoms with van der Waals surface area (Å²) in [5.74, 6) is -0.807. The summed E-state index contributed by atoms with van der Waals surface area (Å²) in [5.41, 5.74) is -0.603. The van der Waals surface area contributed by atoms with Gasteiger partial charge >= 0.3 is 5.97 Å². The highest BCUT2D eigenvalue weighted by Gasteiger charge is 2.48. The first-order valence-corrected chi connectivity index (χ1v) is 6.72. The van der Waals surface area contributed by atoms with Crippen molar-refractivity contribution < 1.29 is 19.1 Å². The van der Waals surface area contributed by atoms with Gasteiger partial charge in [0.1, 0.15) is 0 Å². The fourth-order valence-electron chi connectivity index (χ4n) is 2.25. The van der Waals surface area contributed by atoms with Crippen LogP contribution in [0, 0.1) is 5.92 Å². The lowest BCUT2D eigenvalue weighted by molar-refractivity contribution is -0.189. The summed E-state index contributed by atoms with van der Waals surface area (Å²) in [4.78, 5) is 24.5. The molecule has 0 saturated carbocycles. The highest BCUT2D eigenvalue weighted by molar-refractivity contribution is 5.98. The highest BCUT2D eigenvalue weighted by Crippen LogP contribution is 2.26. The first-order valence-electron chi connectivity index (χ1n) is 6.72. The monoisotopic (exact) mass is 277 g/mol. The number of hydrogen-bond donors (Lipinski definition) is 1. The maximum absolute atomic E-state index is 12.3. The lowest BCUT2D eigenvalue weighted by Crippen LogP contribution is -2.64. The molecular formula is C15H19NO4. The van der Waals surface area contributed by atoms with Crippen molar-refractivity contribution in [2.75, 3.05) is 13.4 Å². The Hall–Kier alpha value is -1.88. The van der Waals surface area contributed by atoms with Crippen LogP contribution in [0.15, 0.2) is 30.3 Å². The Kier molecular flexibility index (Phi) is 4.39. The van der Waals surface area contributed by atoms with Crippen LogP contribution in [0.25, 0.3) is 0 Å². The van der Waals surface area contributed by atoms with Crippen LogP contribution in [0.4, 0.5) is 0 Å². The van der Waals surface area contributed by atoms with Gasteiger partial charge in [0.2, 0.25) is 0 Å². The molecule has 2 atom stereocenters. The Morgan fingerprint density at radius 1 is 1.40 bits per heavy atom. The van der Waals surface area contributed by atoms with Gasteiger partial charge in [-0.25, -0.2) is 4.79 Å². The summed E-state index contributed by atoms with van der Waals surface area (Å²) < 4.78 is 10.2. The van der Waals surface area contributed by atoms with Crippen molar-refractivity contribution >= 4 is 11.9 Å². The molecule has 1 unspecified atom stereocenters. The molecule has 1 aliphatic heterocycles. The van der Waals surface area contributed by atoms with Gasteiger partial charge < -0.3 is 14.8 Å². The van der Waals surface area contributed by atoms with E-state index < -0.39 is 11.5 Å². The van der Waals surface area contributed by atoms with Crippen LogP contribution in [0.2, 0.25) is 0 Å².